The molecule has 2 rings (SSSR count). The summed E-state index contributed by atoms with van der Waals surface area (Å²) in [6.45, 7) is 11.3. The Balaban J connectivity index is 2.39. The molecule has 1 heterocycles. The zero-order valence-electron chi connectivity index (χ0n) is 15.7. The number of amides is 2. The van der Waals surface area contributed by atoms with Gasteiger partial charge in [0.1, 0.15) is 11.4 Å². The Kier molecular flexibility index (Phi) is 5.07. The summed E-state index contributed by atoms with van der Waals surface area (Å²) in [5, 5.41) is 0. The lowest BCUT2D eigenvalue weighted by Crippen LogP contribution is -2.53. The molecule has 25 heavy (non-hydrogen) atoms. The van der Waals surface area contributed by atoms with E-state index in [9.17, 15) is 14.0 Å². The molecule has 0 radical (unpaired) electrons. The lowest BCUT2D eigenvalue weighted by Gasteiger charge is -2.41. The van der Waals surface area contributed by atoms with Crippen LogP contribution in [0.15, 0.2) is 30.3 Å². The number of ether oxygens (including phenoxy) is 1. The van der Waals surface area contributed by atoms with Gasteiger partial charge in [-0.2, -0.15) is 0 Å². The largest absolute Gasteiger partial charge is 0.443 e. The number of halogens is 1. The summed E-state index contributed by atoms with van der Waals surface area (Å²) in [6, 6.07) is 5.69. The summed E-state index contributed by atoms with van der Waals surface area (Å²) in [6.07, 6.45) is 1.31. The summed E-state index contributed by atoms with van der Waals surface area (Å²) in [5.41, 5.74) is 0.574. The van der Waals surface area contributed by atoms with Gasteiger partial charge in [-0.25, -0.2) is 14.1 Å². The number of nitrogens with zero attached hydrogens (tertiary/aromatic N) is 1. The average Bonchev–Trinajstić information content (AvgIpc) is 2.44. The van der Waals surface area contributed by atoms with E-state index in [4.69, 9.17) is 4.74 Å². The van der Waals surface area contributed by atoms with E-state index in [0.29, 0.717) is 6.42 Å². The van der Waals surface area contributed by atoms with Gasteiger partial charge >= 0.3 is 6.09 Å². The fraction of sp³-hybridized carbons (Fsp3) is 0.500. The molecule has 5 heteroatoms. The second kappa shape index (κ2) is 6.62. The van der Waals surface area contributed by atoms with E-state index in [1.54, 1.807) is 32.9 Å². The van der Waals surface area contributed by atoms with Gasteiger partial charge in [-0.15, -0.1) is 0 Å². The minimum Gasteiger partial charge on any atom is -0.443 e. The van der Waals surface area contributed by atoms with Crippen molar-refractivity contribution in [1.82, 2.24) is 4.90 Å². The molecule has 0 aromatic heterocycles. The molecule has 0 spiro atoms. The van der Waals surface area contributed by atoms with Crippen molar-refractivity contribution >= 4 is 17.6 Å². The van der Waals surface area contributed by atoms with Gasteiger partial charge in [-0.3, -0.25) is 4.79 Å². The van der Waals surface area contributed by atoms with Crippen molar-refractivity contribution in [3.8, 4) is 0 Å². The summed E-state index contributed by atoms with van der Waals surface area (Å²) >= 11 is 0. The SMILES string of the molecule is CC(C)(C)OC(=O)N1C(=O)C=C(c2ccc(F)cc2)C[C@@H]1C(C)(C)C. The number of benzene rings is 1. The molecule has 2 amide bonds. The summed E-state index contributed by atoms with van der Waals surface area (Å²) in [5.74, 6) is -0.728. The third-order valence-electron chi connectivity index (χ3n) is 4.06. The molecule has 4 nitrogen and oxygen atoms in total. The Hall–Kier alpha value is -2.17. The predicted molar refractivity (Wildman–Crippen MR) is 95.3 cm³/mol. The van der Waals surface area contributed by atoms with Crippen molar-refractivity contribution in [2.75, 3.05) is 0 Å². The van der Waals surface area contributed by atoms with Gasteiger partial charge in [0, 0.05) is 6.08 Å². The van der Waals surface area contributed by atoms with Crippen LogP contribution >= 0.6 is 0 Å². The first-order valence-electron chi connectivity index (χ1n) is 8.41. The van der Waals surface area contributed by atoms with E-state index in [1.807, 2.05) is 20.8 Å². The van der Waals surface area contributed by atoms with Crippen molar-refractivity contribution in [1.29, 1.82) is 0 Å². The first-order valence-corrected chi connectivity index (χ1v) is 8.41. The first-order chi connectivity index (χ1) is 11.4. The number of hydrogen-bond donors (Lipinski definition) is 0. The number of imide groups is 1. The van der Waals surface area contributed by atoms with E-state index in [1.165, 1.54) is 23.1 Å². The van der Waals surface area contributed by atoms with Gasteiger partial charge in [0.05, 0.1) is 6.04 Å². The van der Waals surface area contributed by atoms with Crippen LogP contribution in [0.3, 0.4) is 0 Å². The second-order valence-electron chi connectivity index (χ2n) is 8.45. The lowest BCUT2D eigenvalue weighted by molar-refractivity contribution is -0.130. The maximum Gasteiger partial charge on any atom is 0.417 e. The fourth-order valence-corrected chi connectivity index (χ4v) is 2.82. The third kappa shape index (κ3) is 4.68. The molecular weight excluding hydrogens is 321 g/mol. The van der Waals surface area contributed by atoms with Gasteiger partial charge in [-0.05, 0) is 55.9 Å². The smallest absolute Gasteiger partial charge is 0.417 e. The highest BCUT2D eigenvalue weighted by atomic mass is 19.1. The number of hydrogen-bond acceptors (Lipinski definition) is 3. The van der Waals surface area contributed by atoms with Crippen LogP contribution < -0.4 is 0 Å². The number of carbonyl (C=O) groups is 2. The summed E-state index contributed by atoms with van der Waals surface area (Å²) in [7, 11) is 0. The van der Waals surface area contributed by atoms with Crippen LogP contribution in [0.5, 0.6) is 0 Å². The van der Waals surface area contributed by atoms with Crippen molar-refractivity contribution in [2.45, 2.75) is 59.6 Å². The number of carbonyl (C=O) groups excluding carboxylic acids is 2. The molecule has 1 aliphatic heterocycles. The molecule has 0 saturated heterocycles. The molecule has 0 bridgehead atoms. The predicted octanol–water partition coefficient (Wildman–Crippen LogP) is 4.79. The molecule has 1 aliphatic rings. The van der Waals surface area contributed by atoms with Crippen LogP contribution in [0.2, 0.25) is 0 Å². The minimum absolute atomic E-state index is 0.325. The number of rotatable bonds is 1. The van der Waals surface area contributed by atoms with Gasteiger partial charge < -0.3 is 4.74 Å². The standard InChI is InChI=1S/C20H26FNO3/c1-19(2,3)16-11-14(13-7-9-15(21)10-8-13)12-17(23)22(16)18(24)25-20(4,5)6/h7-10,12,16H,11H2,1-6H3/t16-/m1/s1. The van der Waals surface area contributed by atoms with Gasteiger partial charge in [-0.1, -0.05) is 32.9 Å². The van der Waals surface area contributed by atoms with E-state index in [0.717, 1.165) is 11.1 Å². The zero-order chi connectivity index (χ0) is 19.0. The normalized spacial score (nSPS) is 18.8. The summed E-state index contributed by atoms with van der Waals surface area (Å²) < 4.78 is 18.6. The van der Waals surface area contributed by atoms with Crippen molar-refractivity contribution < 1.29 is 18.7 Å². The Morgan fingerprint density at radius 1 is 1.12 bits per heavy atom. The van der Waals surface area contributed by atoms with Crippen LogP contribution in [0.1, 0.15) is 53.5 Å². The molecule has 136 valence electrons. The van der Waals surface area contributed by atoms with E-state index >= 15 is 0 Å². The molecule has 0 unspecified atom stereocenters. The van der Waals surface area contributed by atoms with E-state index in [2.05, 4.69) is 0 Å². The average molecular weight is 347 g/mol. The molecule has 0 fully saturated rings. The van der Waals surface area contributed by atoms with Crippen LogP contribution in [-0.2, 0) is 9.53 Å². The maximum absolute atomic E-state index is 13.2. The fourth-order valence-electron chi connectivity index (χ4n) is 2.82. The highest BCUT2D eigenvalue weighted by Gasteiger charge is 2.42. The van der Waals surface area contributed by atoms with Gasteiger partial charge in [0.25, 0.3) is 5.91 Å². The quantitative estimate of drug-likeness (QED) is 0.734. The highest BCUT2D eigenvalue weighted by Crippen LogP contribution is 2.37. The second-order valence-corrected chi connectivity index (χ2v) is 8.45. The zero-order valence-corrected chi connectivity index (χ0v) is 15.7. The topological polar surface area (TPSA) is 46.6 Å². The molecule has 1 aromatic carbocycles. The highest BCUT2D eigenvalue weighted by molar-refractivity contribution is 6.05. The molecule has 1 atom stereocenters. The third-order valence-corrected chi connectivity index (χ3v) is 4.06. The molecule has 0 aliphatic carbocycles. The van der Waals surface area contributed by atoms with E-state index < -0.39 is 17.6 Å². The van der Waals surface area contributed by atoms with Crippen molar-refractivity contribution in [3.05, 3.63) is 41.7 Å². The Labute approximate surface area is 148 Å². The Morgan fingerprint density at radius 3 is 2.16 bits per heavy atom. The lowest BCUT2D eigenvalue weighted by atomic mass is 9.79. The van der Waals surface area contributed by atoms with Crippen molar-refractivity contribution in [3.63, 3.8) is 0 Å². The molecule has 1 aromatic rings. The summed E-state index contributed by atoms with van der Waals surface area (Å²) in [4.78, 5) is 26.5. The van der Waals surface area contributed by atoms with Crippen LogP contribution in [-0.4, -0.2) is 28.5 Å². The molecular formula is C20H26FNO3. The van der Waals surface area contributed by atoms with Crippen LogP contribution in [0.25, 0.3) is 5.57 Å². The van der Waals surface area contributed by atoms with E-state index in [-0.39, 0.29) is 17.3 Å². The molecule has 0 saturated carbocycles. The monoisotopic (exact) mass is 347 g/mol. The Morgan fingerprint density at radius 2 is 1.68 bits per heavy atom. The molecule has 0 N–H and O–H groups in total. The van der Waals surface area contributed by atoms with Crippen LogP contribution in [0.4, 0.5) is 9.18 Å². The minimum atomic E-state index is -0.680. The van der Waals surface area contributed by atoms with Crippen molar-refractivity contribution in [2.24, 2.45) is 5.41 Å². The van der Waals surface area contributed by atoms with Gasteiger partial charge in [0.2, 0.25) is 0 Å². The Bertz CT molecular complexity index is 693. The maximum atomic E-state index is 13.2. The van der Waals surface area contributed by atoms with Crippen LogP contribution in [0, 0.1) is 11.2 Å². The first kappa shape index (κ1) is 19.2. The van der Waals surface area contributed by atoms with Gasteiger partial charge in [0.15, 0.2) is 0 Å².